The average molecular weight is 412 g/mol. The largest absolute Gasteiger partial charge is 0.383 e. The van der Waals surface area contributed by atoms with Crippen LogP contribution in [0.1, 0.15) is 48.2 Å². The van der Waals surface area contributed by atoms with E-state index >= 15 is 0 Å². The number of ketones is 1. The monoisotopic (exact) mass is 412 g/mol. The van der Waals surface area contributed by atoms with Gasteiger partial charge in [-0.1, -0.05) is 32.9 Å². The summed E-state index contributed by atoms with van der Waals surface area (Å²) < 4.78 is 1.57. The molecule has 0 fully saturated rings. The van der Waals surface area contributed by atoms with Crippen LogP contribution >= 0.6 is 0 Å². The topological polar surface area (TPSA) is 105 Å². The fourth-order valence-electron chi connectivity index (χ4n) is 3.86. The maximum absolute atomic E-state index is 13.2. The van der Waals surface area contributed by atoms with Crippen LogP contribution in [0, 0.1) is 6.92 Å². The zero-order valence-electron chi connectivity index (χ0n) is 17.9. The fraction of sp³-hybridized carbons (Fsp3) is 0.208. The summed E-state index contributed by atoms with van der Waals surface area (Å²) in [4.78, 5) is 24.1. The molecule has 0 atom stereocenters. The molecule has 2 aromatic carbocycles. The van der Waals surface area contributed by atoms with Crippen molar-refractivity contribution >= 4 is 33.5 Å². The Morgan fingerprint density at radius 3 is 2.61 bits per heavy atom. The van der Waals surface area contributed by atoms with Crippen molar-refractivity contribution in [3.63, 3.8) is 0 Å². The Morgan fingerprint density at radius 2 is 1.84 bits per heavy atom. The number of carbonyl (C=O) groups is 1. The Bertz CT molecular complexity index is 1460. The van der Waals surface area contributed by atoms with Gasteiger partial charge in [0.15, 0.2) is 0 Å². The van der Waals surface area contributed by atoms with Gasteiger partial charge in [-0.3, -0.25) is 4.79 Å². The Hall–Kier alpha value is -3.87. The molecular weight excluding hydrogens is 388 g/mol. The predicted octanol–water partition coefficient (Wildman–Crippen LogP) is 4.65. The zero-order valence-corrected chi connectivity index (χ0v) is 17.9. The van der Waals surface area contributed by atoms with E-state index in [1.54, 1.807) is 4.68 Å². The van der Waals surface area contributed by atoms with Gasteiger partial charge < -0.3 is 15.7 Å². The first kappa shape index (κ1) is 19.1. The van der Waals surface area contributed by atoms with E-state index in [9.17, 15) is 4.79 Å². The molecule has 7 nitrogen and oxygen atoms in total. The summed E-state index contributed by atoms with van der Waals surface area (Å²) >= 11 is 0. The van der Waals surface area contributed by atoms with Crippen LogP contribution in [0.4, 0.5) is 5.82 Å². The van der Waals surface area contributed by atoms with Gasteiger partial charge in [-0.05, 0) is 48.2 Å². The number of anilines is 1. The average Bonchev–Trinajstić information content (AvgIpc) is 3.40. The molecule has 0 amide bonds. The first-order valence-electron chi connectivity index (χ1n) is 10.2. The number of benzene rings is 2. The number of aromatic amines is 2. The Labute approximate surface area is 179 Å². The van der Waals surface area contributed by atoms with Crippen LogP contribution in [0.25, 0.3) is 27.6 Å². The molecule has 0 unspecified atom stereocenters. The van der Waals surface area contributed by atoms with Crippen molar-refractivity contribution in [1.29, 1.82) is 0 Å². The number of aryl methyl sites for hydroxylation is 1. The third-order valence-electron chi connectivity index (χ3n) is 5.61. The number of rotatable bonds is 3. The zero-order chi connectivity index (χ0) is 21.9. The van der Waals surface area contributed by atoms with E-state index in [-0.39, 0.29) is 11.2 Å². The summed E-state index contributed by atoms with van der Waals surface area (Å²) in [5, 5.41) is 5.36. The number of nitrogens with zero attached hydrogens (tertiary/aromatic N) is 3. The summed E-state index contributed by atoms with van der Waals surface area (Å²) in [6.45, 7) is 8.41. The lowest BCUT2D eigenvalue weighted by molar-refractivity contribution is 0.103. The van der Waals surface area contributed by atoms with E-state index in [1.165, 1.54) is 11.8 Å². The van der Waals surface area contributed by atoms with E-state index in [0.717, 1.165) is 33.4 Å². The highest BCUT2D eigenvalue weighted by Gasteiger charge is 2.21. The number of H-pyrrole nitrogens is 2. The molecule has 0 spiro atoms. The van der Waals surface area contributed by atoms with E-state index in [1.807, 2.05) is 37.3 Å². The van der Waals surface area contributed by atoms with Crippen LogP contribution in [0.3, 0.4) is 0 Å². The van der Waals surface area contributed by atoms with Crippen LogP contribution in [0.5, 0.6) is 0 Å². The van der Waals surface area contributed by atoms with E-state index in [0.29, 0.717) is 17.1 Å². The molecule has 0 bridgehead atoms. The van der Waals surface area contributed by atoms with E-state index < -0.39 is 0 Å². The quantitative estimate of drug-likeness (QED) is 0.375. The van der Waals surface area contributed by atoms with Gasteiger partial charge in [0.2, 0.25) is 5.78 Å². The highest BCUT2D eigenvalue weighted by molar-refractivity contribution is 6.12. The molecule has 4 N–H and O–H groups in total. The van der Waals surface area contributed by atoms with Crippen LogP contribution in [0.2, 0.25) is 0 Å². The minimum atomic E-state index is -0.185. The number of nitrogen functional groups attached to an aromatic ring is 1. The molecule has 0 radical (unpaired) electrons. The molecule has 0 aliphatic rings. The van der Waals surface area contributed by atoms with Crippen molar-refractivity contribution in [2.45, 2.75) is 33.1 Å². The van der Waals surface area contributed by atoms with Crippen molar-refractivity contribution in [3.05, 3.63) is 71.3 Å². The molecule has 5 rings (SSSR count). The number of carbonyl (C=O) groups excluding carboxylic acids is 1. The van der Waals surface area contributed by atoms with Crippen LogP contribution in [-0.4, -0.2) is 30.5 Å². The molecule has 0 aliphatic heterocycles. The summed E-state index contributed by atoms with van der Waals surface area (Å²) in [6, 6.07) is 13.8. The van der Waals surface area contributed by atoms with Gasteiger partial charge in [0, 0.05) is 10.9 Å². The fourth-order valence-corrected chi connectivity index (χ4v) is 3.86. The Balaban J connectivity index is 1.52. The number of imidazole rings is 1. The van der Waals surface area contributed by atoms with Crippen molar-refractivity contribution in [1.82, 2.24) is 24.7 Å². The molecule has 5 aromatic rings. The summed E-state index contributed by atoms with van der Waals surface area (Å²) in [7, 11) is 0. The molecule has 0 saturated carbocycles. The van der Waals surface area contributed by atoms with Gasteiger partial charge >= 0.3 is 0 Å². The minimum absolute atomic E-state index is 0.0311. The molecule has 7 heteroatoms. The van der Waals surface area contributed by atoms with E-state index in [4.69, 9.17) is 5.73 Å². The standard InChI is InChI=1S/C24H24N6O/c1-13-27-18-8-7-16(11-20(18)28-13)30-23(25)17(12-26-30)22(31)21-9-14-5-6-15(24(2,3)4)10-19(14)29-21/h5-12,29H,25H2,1-4H3,(H,27,28). The van der Waals surface area contributed by atoms with Crippen LogP contribution in [0.15, 0.2) is 48.7 Å². The second-order valence-electron chi connectivity index (χ2n) is 8.94. The molecule has 3 aromatic heterocycles. The minimum Gasteiger partial charge on any atom is -0.383 e. The maximum Gasteiger partial charge on any atom is 0.214 e. The lowest BCUT2D eigenvalue weighted by atomic mass is 9.87. The first-order chi connectivity index (χ1) is 14.7. The lowest BCUT2D eigenvalue weighted by Crippen LogP contribution is -2.10. The third kappa shape index (κ3) is 3.18. The lowest BCUT2D eigenvalue weighted by Gasteiger charge is -2.18. The van der Waals surface area contributed by atoms with Gasteiger partial charge in [0.05, 0.1) is 34.2 Å². The SMILES string of the molecule is Cc1nc2ccc(-n3ncc(C(=O)c4cc5ccc(C(C)(C)C)cc5[nH]4)c3N)cc2[nH]1. The molecule has 3 heterocycles. The Morgan fingerprint density at radius 1 is 1.03 bits per heavy atom. The summed E-state index contributed by atoms with van der Waals surface area (Å²) in [5.74, 6) is 0.954. The van der Waals surface area contributed by atoms with Gasteiger partial charge in [-0.15, -0.1) is 0 Å². The predicted molar refractivity (Wildman–Crippen MR) is 123 cm³/mol. The molecule has 0 aliphatic carbocycles. The molecule has 0 saturated heterocycles. The normalized spacial score (nSPS) is 12.1. The van der Waals surface area contributed by atoms with Gasteiger partial charge in [-0.2, -0.15) is 5.10 Å². The molecule has 31 heavy (non-hydrogen) atoms. The number of aromatic nitrogens is 5. The van der Waals surface area contributed by atoms with Crippen molar-refractivity contribution < 1.29 is 4.79 Å². The molecular formula is C24H24N6O. The van der Waals surface area contributed by atoms with Gasteiger partial charge in [0.25, 0.3) is 0 Å². The highest BCUT2D eigenvalue weighted by Crippen LogP contribution is 2.28. The Kier molecular flexibility index (Phi) is 4.05. The molecule has 156 valence electrons. The van der Waals surface area contributed by atoms with E-state index in [2.05, 4.69) is 53.0 Å². The highest BCUT2D eigenvalue weighted by atomic mass is 16.1. The van der Waals surface area contributed by atoms with Crippen LogP contribution in [-0.2, 0) is 5.41 Å². The summed E-state index contributed by atoms with van der Waals surface area (Å²) in [5.41, 5.74) is 11.9. The third-order valence-corrected chi connectivity index (χ3v) is 5.61. The summed E-state index contributed by atoms with van der Waals surface area (Å²) in [6.07, 6.45) is 1.52. The van der Waals surface area contributed by atoms with Crippen LogP contribution < -0.4 is 5.73 Å². The van der Waals surface area contributed by atoms with Crippen molar-refractivity contribution in [2.75, 3.05) is 5.73 Å². The first-order valence-corrected chi connectivity index (χ1v) is 10.2. The second-order valence-corrected chi connectivity index (χ2v) is 8.94. The van der Waals surface area contributed by atoms with Crippen molar-refractivity contribution in [3.8, 4) is 5.69 Å². The number of nitrogens with two attached hydrogens (primary N) is 1. The van der Waals surface area contributed by atoms with Gasteiger partial charge in [0.1, 0.15) is 11.6 Å². The van der Waals surface area contributed by atoms with Crippen molar-refractivity contribution in [2.24, 2.45) is 0 Å². The number of fused-ring (bicyclic) bond motifs is 2. The number of hydrogen-bond acceptors (Lipinski definition) is 4. The smallest absolute Gasteiger partial charge is 0.214 e. The number of nitrogens with one attached hydrogen (secondary N) is 2. The second kappa shape index (κ2) is 6.57. The van der Waals surface area contributed by atoms with Gasteiger partial charge in [-0.25, -0.2) is 9.67 Å². The number of hydrogen-bond donors (Lipinski definition) is 3. The maximum atomic E-state index is 13.2.